The molecule has 0 aliphatic carbocycles. The summed E-state index contributed by atoms with van der Waals surface area (Å²) in [7, 11) is 1.51. The first kappa shape index (κ1) is 13.2. The lowest BCUT2D eigenvalue weighted by Gasteiger charge is -2.08. The van der Waals surface area contributed by atoms with Crippen LogP contribution in [0.1, 0.15) is 22.3 Å². The summed E-state index contributed by atoms with van der Waals surface area (Å²) in [6, 6.07) is 11.0. The first-order valence-electron chi connectivity index (χ1n) is 5.67. The van der Waals surface area contributed by atoms with Gasteiger partial charge in [-0.25, -0.2) is 8.78 Å². The highest BCUT2D eigenvalue weighted by Gasteiger charge is 2.09. The van der Waals surface area contributed by atoms with E-state index in [-0.39, 0.29) is 5.56 Å². The summed E-state index contributed by atoms with van der Waals surface area (Å²) in [5, 5.41) is 0. The number of hydrogen-bond acceptors (Lipinski definition) is 2. The van der Waals surface area contributed by atoms with Crippen molar-refractivity contribution in [2.24, 2.45) is 0 Å². The Labute approximate surface area is 109 Å². The van der Waals surface area contributed by atoms with E-state index in [1.54, 1.807) is 30.3 Å². The molecule has 2 rings (SSSR count). The molecular formula is C15H12F2O2. The number of carbonyl (C=O) groups excluding carboxylic acids is 1. The van der Waals surface area contributed by atoms with Gasteiger partial charge in [0.15, 0.2) is 6.29 Å². The molecule has 0 fully saturated rings. The van der Waals surface area contributed by atoms with Crippen molar-refractivity contribution in [3.8, 4) is 16.9 Å². The van der Waals surface area contributed by atoms with Crippen molar-refractivity contribution in [1.82, 2.24) is 0 Å². The zero-order valence-corrected chi connectivity index (χ0v) is 10.3. The summed E-state index contributed by atoms with van der Waals surface area (Å²) in [5.74, 6) is 0.579. The van der Waals surface area contributed by atoms with Crippen molar-refractivity contribution in [2.75, 3.05) is 7.11 Å². The first-order valence-corrected chi connectivity index (χ1v) is 5.67. The number of halogens is 2. The van der Waals surface area contributed by atoms with Crippen molar-refractivity contribution in [2.45, 2.75) is 6.43 Å². The first-order chi connectivity index (χ1) is 9.15. The number of carbonyl (C=O) groups is 1. The second-order valence-corrected chi connectivity index (χ2v) is 3.99. The molecule has 19 heavy (non-hydrogen) atoms. The Hall–Kier alpha value is -2.23. The summed E-state index contributed by atoms with van der Waals surface area (Å²) in [6.07, 6.45) is -1.77. The number of alkyl halides is 2. The summed E-state index contributed by atoms with van der Waals surface area (Å²) < 4.78 is 30.0. The minimum atomic E-state index is -2.49. The second kappa shape index (κ2) is 5.61. The molecular weight excluding hydrogens is 250 g/mol. The molecule has 98 valence electrons. The lowest BCUT2D eigenvalue weighted by Crippen LogP contribution is -1.91. The van der Waals surface area contributed by atoms with E-state index in [9.17, 15) is 13.6 Å². The van der Waals surface area contributed by atoms with Crippen LogP contribution in [-0.4, -0.2) is 13.4 Å². The molecule has 0 aromatic heterocycles. The van der Waals surface area contributed by atoms with Crippen molar-refractivity contribution < 1.29 is 18.3 Å². The highest BCUT2D eigenvalue weighted by molar-refractivity contribution is 5.88. The number of rotatable bonds is 4. The summed E-state index contributed by atoms with van der Waals surface area (Å²) in [6.45, 7) is 0. The van der Waals surface area contributed by atoms with Gasteiger partial charge in [0.1, 0.15) is 5.75 Å². The van der Waals surface area contributed by atoms with E-state index in [4.69, 9.17) is 4.74 Å². The fourth-order valence-electron chi connectivity index (χ4n) is 1.84. The molecule has 0 heterocycles. The lowest BCUT2D eigenvalue weighted by atomic mass is 9.99. The highest BCUT2D eigenvalue weighted by atomic mass is 19.3. The fraction of sp³-hybridized carbons (Fsp3) is 0.133. The molecule has 0 radical (unpaired) electrons. The monoisotopic (exact) mass is 262 g/mol. The summed E-state index contributed by atoms with van der Waals surface area (Å²) in [5.41, 5.74) is 1.83. The Kier molecular flexibility index (Phi) is 3.90. The molecule has 2 nitrogen and oxygen atoms in total. The molecule has 0 aliphatic heterocycles. The van der Waals surface area contributed by atoms with Gasteiger partial charge in [0.05, 0.1) is 7.11 Å². The van der Waals surface area contributed by atoms with Crippen molar-refractivity contribution in [3.05, 3.63) is 53.6 Å². The van der Waals surface area contributed by atoms with Crippen LogP contribution in [0, 0.1) is 0 Å². The molecule has 2 aromatic carbocycles. The molecule has 0 unspecified atom stereocenters. The summed E-state index contributed by atoms with van der Waals surface area (Å²) >= 11 is 0. The van der Waals surface area contributed by atoms with Gasteiger partial charge in [-0.1, -0.05) is 24.3 Å². The molecule has 2 aromatic rings. The van der Waals surface area contributed by atoms with Crippen LogP contribution in [0.5, 0.6) is 5.75 Å². The normalized spacial score (nSPS) is 10.5. The molecule has 0 amide bonds. The van der Waals surface area contributed by atoms with Crippen LogP contribution >= 0.6 is 0 Å². The van der Waals surface area contributed by atoms with Crippen LogP contribution < -0.4 is 4.74 Å². The van der Waals surface area contributed by atoms with E-state index in [1.165, 1.54) is 19.2 Å². The third-order valence-corrected chi connectivity index (χ3v) is 2.86. The van der Waals surface area contributed by atoms with Gasteiger partial charge >= 0.3 is 0 Å². The topological polar surface area (TPSA) is 26.3 Å². The van der Waals surface area contributed by atoms with Gasteiger partial charge in [0, 0.05) is 11.1 Å². The third kappa shape index (κ3) is 2.78. The van der Waals surface area contributed by atoms with E-state index in [0.717, 1.165) is 6.29 Å². The Morgan fingerprint density at radius 1 is 1.11 bits per heavy atom. The van der Waals surface area contributed by atoms with E-state index in [0.29, 0.717) is 22.4 Å². The number of aldehydes is 1. The number of benzene rings is 2. The maximum Gasteiger partial charge on any atom is 0.263 e. The molecule has 4 heteroatoms. The lowest BCUT2D eigenvalue weighted by molar-refractivity contribution is 0.112. The zero-order valence-electron chi connectivity index (χ0n) is 10.3. The highest BCUT2D eigenvalue weighted by Crippen LogP contribution is 2.28. The van der Waals surface area contributed by atoms with Crippen LogP contribution in [0.25, 0.3) is 11.1 Å². The van der Waals surface area contributed by atoms with Crippen LogP contribution in [0.3, 0.4) is 0 Å². The fourth-order valence-corrected chi connectivity index (χ4v) is 1.84. The standard InChI is InChI=1S/C15H12F2O2/c1-19-13-6-7-14(12(8-13)9-18)10-2-4-11(5-3-10)15(16)17/h2-9,15H,1H3. The maximum absolute atomic E-state index is 12.5. The van der Waals surface area contributed by atoms with Crippen LogP contribution in [0.4, 0.5) is 8.78 Å². The molecule has 0 aliphatic rings. The number of methoxy groups -OCH3 is 1. The Balaban J connectivity index is 2.43. The van der Waals surface area contributed by atoms with Gasteiger partial charge in [-0.05, 0) is 29.3 Å². The Morgan fingerprint density at radius 2 is 1.79 bits per heavy atom. The quantitative estimate of drug-likeness (QED) is 0.775. The molecule has 0 atom stereocenters. The molecule has 0 spiro atoms. The minimum Gasteiger partial charge on any atom is -0.497 e. The van der Waals surface area contributed by atoms with Gasteiger partial charge < -0.3 is 4.74 Å². The van der Waals surface area contributed by atoms with Crippen LogP contribution in [0.2, 0.25) is 0 Å². The molecule has 0 saturated carbocycles. The largest absolute Gasteiger partial charge is 0.497 e. The number of ether oxygens (including phenoxy) is 1. The van der Waals surface area contributed by atoms with Crippen molar-refractivity contribution in [1.29, 1.82) is 0 Å². The van der Waals surface area contributed by atoms with E-state index in [1.807, 2.05) is 0 Å². The van der Waals surface area contributed by atoms with Gasteiger partial charge in [-0.2, -0.15) is 0 Å². The SMILES string of the molecule is COc1ccc(-c2ccc(C(F)F)cc2)c(C=O)c1. The minimum absolute atomic E-state index is 0.0371. The van der Waals surface area contributed by atoms with Gasteiger partial charge in [-0.3, -0.25) is 4.79 Å². The van der Waals surface area contributed by atoms with Crippen molar-refractivity contribution >= 4 is 6.29 Å². The zero-order chi connectivity index (χ0) is 13.8. The average molecular weight is 262 g/mol. The Morgan fingerprint density at radius 3 is 2.32 bits per heavy atom. The Bertz CT molecular complexity index is 577. The molecule has 0 bridgehead atoms. The van der Waals surface area contributed by atoms with Gasteiger partial charge in [0.25, 0.3) is 6.43 Å². The smallest absolute Gasteiger partial charge is 0.263 e. The third-order valence-electron chi connectivity index (χ3n) is 2.86. The maximum atomic E-state index is 12.5. The van der Waals surface area contributed by atoms with Crippen LogP contribution in [0.15, 0.2) is 42.5 Å². The molecule has 0 saturated heterocycles. The van der Waals surface area contributed by atoms with E-state index >= 15 is 0 Å². The number of hydrogen-bond donors (Lipinski definition) is 0. The van der Waals surface area contributed by atoms with Crippen LogP contribution in [-0.2, 0) is 0 Å². The predicted octanol–water partition coefficient (Wildman–Crippen LogP) is 4.11. The van der Waals surface area contributed by atoms with E-state index < -0.39 is 6.43 Å². The van der Waals surface area contributed by atoms with Gasteiger partial charge in [-0.15, -0.1) is 0 Å². The second-order valence-electron chi connectivity index (χ2n) is 3.99. The predicted molar refractivity (Wildman–Crippen MR) is 68.8 cm³/mol. The van der Waals surface area contributed by atoms with Crippen molar-refractivity contribution in [3.63, 3.8) is 0 Å². The van der Waals surface area contributed by atoms with Gasteiger partial charge in [0.2, 0.25) is 0 Å². The average Bonchev–Trinajstić information content (AvgIpc) is 2.46. The molecule has 0 N–H and O–H groups in total. The summed E-state index contributed by atoms with van der Waals surface area (Å²) in [4.78, 5) is 11.1. The van der Waals surface area contributed by atoms with E-state index in [2.05, 4.69) is 0 Å².